The van der Waals surface area contributed by atoms with Gasteiger partial charge in [0.25, 0.3) is 0 Å². The number of hydrogen-bond donors (Lipinski definition) is 2. The summed E-state index contributed by atoms with van der Waals surface area (Å²) in [7, 11) is 0. The smallest absolute Gasteiger partial charge is 0.126 e. The molecule has 0 aliphatic heterocycles. The predicted molar refractivity (Wildman–Crippen MR) is 76.8 cm³/mol. The summed E-state index contributed by atoms with van der Waals surface area (Å²) in [6, 6.07) is 10.4. The van der Waals surface area contributed by atoms with Crippen LogP contribution in [-0.4, -0.2) is 21.5 Å². The van der Waals surface area contributed by atoms with Gasteiger partial charge in [0.05, 0.1) is 16.7 Å². The molecule has 3 rings (SSSR count). The number of rotatable bonds is 3. The average Bonchev–Trinajstić information content (AvgIpc) is 2.87. The van der Waals surface area contributed by atoms with Gasteiger partial charge in [-0.25, -0.2) is 9.97 Å². The Balaban J connectivity index is 2.10. The second-order valence-corrected chi connectivity index (χ2v) is 4.59. The lowest BCUT2D eigenvalue weighted by molar-refractivity contribution is 0.969. The van der Waals surface area contributed by atoms with Gasteiger partial charge >= 0.3 is 0 Å². The molecular formula is C15H16N4. The molecule has 0 aliphatic rings. The van der Waals surface area contributed by atoms with Crippen LogP contribution in [0.4, 0.5) is 0 Å². The summed E-state index contributed by atoms with van der Waals surface area (Å²) < 4.78 is 0. The summed E-state index contributed by atoms with van der Waals surface area (Å²) in [4.78, 5) is 12.2. The Labute approximate surface area is 111 Å². The van der Waals surface area contributed by atoms with Crippen molar-refractivity contribution >= 4 is 11.0 Å². The predicted octanol–water partition coefficient (Wildman–Crippen LogP) is 2.43. The molecule has 0 radical (unpaired) electrons. The fourth-order valence-corrected chi connectivity index (χ4v) is 2.27. The molecule has 0 atom stereocenters. The molecule has 0 bridgehead atoms. The molecule has 1 aromatic carbocycles. The minimum absolute atomic E-state index is 0.673. The van der Waals surface area contributed by atoms with Crippen molar-refractivity contribution in [3.8, 4) is 11.3 Å². The highest BCUT2D eigenvalue weighted by molar-refractivity contribution is 5.89. The maximum absolute atomic E-state index is 5.56. The van der Waals surface area contributed by atoms with Gasteiger partial charge in [-0.1, -0.05) is 24.3 Å². The van der Waals surface area contributed by atoms with Crippen LogP contribution in [-0.2, 0) is 6.42 Å². The van der Waals surface area contributed by atoms with Crippen molar-refractivity contribution < 1.29 is 0 Å². The Hall–Kier alpha value is -2.20. The number of nitrogens with two attached hydrogens (primary N) is 1. The summed E-state index contributed by atoms with van der Waals surface area (Å²) in [5.74, 6) is 0.785. The van der Waals surface area contributed by atoms with Gasteiger partial charge in [0.2, 0.25) is 0 Å². The number of aromatic amines is 1. The van der Waals surface area contributed by atoms with Crippen molar-refractivity contribution in [1.29, 1.82) is 0 Å². The van der Waals surface area contributed by atoms with Crippen LogP contribution in [0.1, 0.15) is 11.4 Å². The SMILES string of the molecule is Cc1nc(-c2ccc(CCN)cc2)c2[nH]ccc2n1. The molecule has 96 valence electrons. The Morgan fingerprint density at radius 3 is 2.63 bits per heavy atom. The molecule has 3 aromatic rings. The molecule has 4 heteroatoms. The third kappa shape index (κ3) is 2.22. The van der Waals surface area contributed by atoms with Crippen molar-refractivity contribution in [3.05, 3.63) is 47.9 Å². The van der Waals surface area contributed by atoms with Crippen molar-refractivity contribution in [2.24, 2.45) is 5.73 Å². The highest BCUT2D eigenvalue weighted by atomic mass is 14.9. The third-order valence-corrected chi connectivity index (χ3v) is 3.18. The minimum Gasteiger partial charge on any atom is -0.358 e. The Morgan fingerprint density at radius 1 is 1.11 bits per heavy atom. The number of fused-ring (bicyclic) bond motifs is 1. The number of benzene rings is 1. The maximum Gasteiger partial charge on any atom is 0.126 e. The second-order valence-electron chi connectivity index (χ2n) is 4.59. The zero-order valence-electron chi connectivity index (χ0n) is 10.9. The topological polar surface area (TPSA) is 67.6 Å². The molecule has 0 saturated carbocycles. The molecule has 2 aromatic heterocycles. The van der Waals surface area contributed by atoms with Gasteiger partial charge in [-0.15, -0.1) is 0 Å². The van der Waals surface area contributed by atoms with E-state index in [1.54, 1.807) is 0 Å². The average molecular weight is 252 g/mol. The molecule has 0 spiro atoms. The van der Waals surface area contributed by atoms with E-state index in [9.17, 15) is 0 Å². The van der Waals surface area contributed by atoms with Crippen molar-refractivity contribution in [1.82, 2.24) is 15.0 Å². The molecule has 0 amide bonds. The van der Waals surface area contributed by atoms with Crippen LogP contribution >= 0.6 is 0 Å². The number of hydrogen-bond acceptors (Lipinski definition) is 3. The van der Waals surface area contributed by atoms with Crippen LogP contribution in [0.3, 0.4) is 0 Å². The Bertz CT molecular complexity index is 698. The van der Waals surface area contributed by atoms with E-state index in [0.29, 0.717) is 6.54 Å². The quantitative estimate of drug-likeness (QED) is 0.752. The number of aryl methyl sites for hydroxylation is 1. The lowest BCUT2D eigenvalue weighted by Gasteiger charge is -2.05. The molecule has 3 N–H and O–H groups in total. The molecule has 0 fully saturated rings. The standard InChI is InChI=1S/C15H16N4/c1-10-18-13-7-9-17-15(13)14(19-10)12-4-2-11(3-5-12)6-8-16/h2-5,7,9,17H,6,8,16H2,1H3. The minimum atomic E-state index is 0.673. The third-order valence-electron chi connectivity index (χ3n) is 3.18. The van der Waals surface area contributed by atoms with Crippen molar-refractivity contribution in [3.63, 3.8) is 0 Å². The normalized spacial score (nSPS) is 11.1. The maximum atomic E-state index is 5.56. The van der Waals surface area contributed by atoms with Crippen molar-refractivity contribution in [2.45, 2.75) is 13.3 Å². The number of nitrogens with one attached hydrogen (secondary N) is 1. The second kappa shape index (κ2) is 4.82. The zero-order valence-corrected chi connectivity index (χ0v) is 10.9. The zero-order chi connectivity index (χ0) is 13.2. The van der Waals surface area contributed by atoms with Crippen LogP contribution in [0.5, 0.6) is 0 Å². The fourth-order valence-electron chi connectivity index (χ4n) is 2.27. The highest BCUT2D eigenvalue weighted by Crippen LogP contribution is 2.25. The first-order valence-corrected chi connectivity index (χ1v) is 6.39. The van der Waals surface area contributed by atoms with Crippen LogP contribution in [0, 0.1) is 6.92 Å². The van der Waals surface area contributed by atoms with E-state index in [1.807, 2.05) is 19.2 Å². The van der Waals surface area contributed by atoms with Crippen LogP contribution in [0.15, 0.2) is 36.5 Å². The summed E-state index contributed by atoms with van der Waals surface area (Å²) in [5.41, 5.74) is 10.8. The van der Waals surface area contributed by atoms with Crippen LogP contribution in [0.2, 0.25) is 0 Å². The van der Waals surface area contributed by atoms with Gasteiger partial charge in [-0.3, -0.25) is 0 Å². The van der Waals surface area contributed by atoms with E-state index in [2.05, 4.69) is 39.2 Å². The van der Waals surface area contributed by atoms with Gasteiger partial charge in [-0.2, -0.15) is 0 Å². The number of nitrogens with zero attached hydrogens (tertiary/aromatic N) is 2. The van der Waals surface area contributed by atoms with Crippen LogP contribution < -0.4 is 5.73 Å². The Morgan fingerprint density at radius 2 is 1.89 bits per heavy atom. The first kappa shape index (κ1) is 11.9. The molecule has 0 unspecified atom stereocenters. The largest absolute Gasteiger partial charge is 0.358 e. The molecule has 2 heterocycles. The van der Waals surface area contributed by atoms with Gasteiger partial charge in [0.15, 0.2) is 0 Å². The van der Waals surface area contributed by atoms with Crippen molar-refractivity contribution in [2.75, 3.05) is 6.54 Å². The van der Waals surface area contributed by atoms with E-state index in [-0.39, 0.29) is 0 Å². The van der Waals surface area contributed by atoms with Gasteiger partial charge < -0.3 is 10.7 Å². The van der Waals surface area contributed by atoms with Crippen LogP contribution in [0.25, 0.3) is 22.3 Å². The molecule has 0 aliphatic carbocycles. The summed E-state index contributed by atoms with van der Waals surface area (Å²) in [5, 5.41) is 0. The van der Waals surface area contributed by atoms with Gasteiger partial charge in [0, 0.05) is 11.8 Å². The molecular weight excluding hydrogens is 236 g/mol. The van der Waals surface area contributed by atoms with E-state index >= 15 is 0 Å². The van der Waals surface area contributed by atoms with Gasteiger partial charge in [0.1, 0.15) is 5.82 Å². The van der Waals surface area contributed by atoms with Gasteiger partial charge in [-0.05, 0) is 31.5 Å². The van der Waals surface area contributed by atoms with E-state index in [0.717, 1.165) is 34.5 Å². The first-order chi connectivity index (χ1) is 9.28. The summed E-state index contributed by atoms with van der Waals surface area (Å²) >= 11 is 0. The number of aromatic nitrogens is 3. The van der Waals surface area contributed by atoms with E-state index in [1.165, 1.54) is 5.56 Å². The molecule has 0 saturated heterocycles. The summed E-state index contributed by atoms with van der Waals surface area (Å²) in [6.45, 7) is 2.59. The molecule has 19 heavy (non-hydrogen) atoms. The number of H-pyrrole nitrogens is 1. The Kier molecular flexibility index (Phi) is 3.01. The fraction of sp³-hybridized carbons (Fsp3) is 0.200. The summed E-state index contributed by atoms with van der Waals surface area (Å²) in [6.07, 6.45) is 2.80. The highest BCUT2D eigenvalue weighted by Gasteiger charge is 2.08. The monoisotopic (exact) mass is 252 g/mol. The van der Waals surface area contributed by atoms with E-state index in [4.69, 9.17) is 5.73 Å². The lowest BCUT2D eigenvalue weighted by atomic mass is 10.1. The molecule has 4 nitrogen and oxygen atoms in total. The lowest BCUT2D eigenvalue weighted by Crippen LogP contribution is -2.02. The first-order valence-electron chi connectivity index (χ1n) is 6.39. The van der Waals surface area contributed by atoms with E-state index < -0.39 is 0 Å².